The van der Waals surface area contributed by atoms with Crippen LogP contribution in [0.2, 0.25) is 0 Å². The Morgan fingerprint density at radius 3 is 2.58 bits per heavy atom. The Bertz CT molecular complexity index is 464. The van der Waals surface area contributed by atoms with Crippen molar-refractivity contribution in [3.8, 4) is 0 Å². The number of aliphatic hydroxyl groups is 1. The van der Waals surface area contributed by atoms with Crippen LogP contribution in [0, 0.1) is 10.1 Å². The fourth-order valence-corrected chi connectivity index (χ4v) is 1.41. The zero-order valence-corrected chi connectivity index (χ0v) is 10.6. The van der Waals surface area contributed by atoms with Crippen molar-refractivity contribution in [2.75, 3.05) is 6.61 Å². The van der Waals surface area contributed by atoms with E-state index in [0.717, 1.165) is 0 Å². The molecule has 0 spiro atoms. The van der Waals surface area contributed by atoms with Crippen LogP contribution in [0.15, 0.2) is 30.3 Å². The number of aliphatic hydroxyl groups excluding tert-OH is 1. The van der Waals surface area contributed by atoms with E-state index in [2.05, 4.69) is 5.32 Å². The van der Waals surface area contributed by atoms with Gasteiger partial charge in [0.1, 0.15) is 0 Å². The standard InChI is InChI=1S/C13H16N2O4/c1-2-11(9-16)14-13(17)8-5-10-3-6-12(7-4-10)15(18)19/h3-8,11,16H,2,9H2,1H3,(H,14,17)/b8-5+/t11-/m1/s1. The van der Waals surface area contributed by atoms with E-state index < -0.39 is 4.92 Å². The average Bonchev–Trinajstić information content (AvgIpc) is 2.43. The molecule has 0 saturated carbocycles. The van der Waals surface area contributed by atoms with E-state index in [-0.39, 0.29) is 24.2 Å². The quantitative estimate of drug-likeness (QED) is 0.462. The van der Waals surface area contributed by atoms with Crippen LogP contribution in [0.3, 0.4) is 0 Å². The highest BCUT2D eigenvalue weighted by atomic mass is 16.6. The summed E-state index contributed by atoms with van der Waals surface area (Å²) < 4.78 is 0. The van der Waals surface area contributed by atoms with Crippen molar-refractivity contribution in [3.05, 3.63) is 46.0 Å². The zero-order valence-electron chi connectivity index (χ0n) is 10.6. The van der Waals surface area contributed by atoms with Gasteiger partial charge in [0.05, 0.1) is 17.6 Å². The second kappa shape index (κ2) is 7.27. The first-order chi connectivity index (χ1) is 9.06. The van der Waals surface area contributed by atoms with Gasteiger partial charge in [0.25, 0.3) is 5.69 Å². The smallest absolute Gasteiger partial charge is 0.269 e. The molecule has 1 aromatic rings. The summed E-state index contributed by atoms with van der Waals surface area (Å²) in [5.74, 6) is -0.306. The third-order valence-electron chi connectivity index (χ3n) is 2.59. The number of nitro groups is 1. The largest absolute Gasteiger partial charge is 0.394 e. The van der Waals surface area contributed by atoms with Gasteiger partial charge in [0.15, 0.2) is 0 Å². The normalized spacial score (nSPS) is 12.3. The molecule has 0 aliphatic rings. The minimum Gasteiger partial charge on any atom is -0.394 e. The van der Waals surface area contributed by atoms with Crippen molar-refractivity contribution in [1.29, 1.82) is 0 Å². The SMILES string of the molecule is CC[C@H](CO)NC(=O)/C=C/c1ccc([N+](=O)[O-])cc1. The van der Waals surface area contributed by atoms with E-state index in [4.69, 9.17) is 5.11 Å². The van der Waals surface area contributed by atoms with Gasteiger partial charge in [-0.25, -0.2) is 0 Å². The molecule has 0 radical (unpaired) electrons. The van der Waals surface area contributed by atoms with E-state index in [1.54, 1.807) is 18.2 Å². The van der Waals surface area contributed by atoms with Crippen molar-refractivity contribution in [2.45, 2.75) is 19.4 Å². The minimum atomic E-state index is -0.479. The van der Waals surface area contributed by atoms with E-state index in [1.165, 1.54) is 18.2 Å². The Balaban J connectivity index is 2.61. The van der Waals surface area contributed by atoms with Crippen LogP contribution in [-0.2, 0) is 4.79 Å². The predicted octanol–water partition coefficient (Wildman–Crippen LogP) is 1.50. The average molecular weight is 264 g/mol. The fourth-order valence-electron chi connectivity index (χ4n) is 1.41. The van der Waals surface area contributed by atoms with Crippen LogP contribution in [0.5, 0.6) is 0 Å². The third-order valence-corrected chi connectivity index (χ3v) is 2.59. The van der Waals surface area contributed by atoms with Crippen LogP contribution in [0.1, 0.15) is 18.9 Å². The van der Waals surface area contributed by atoms with Crippen LogP contribution in [0.4, 0.5) is 5.69 Å². The van der Waals surface area contributed by atoms with Gasteiger partial charge in [-0.15, -0.1) is 0 Å². The molecule has 0 aliphatic heterocycles. The molecule has 1 rings (SSSR count). The first-order valence-electron chi connectivity index (χ1n) is 5.90. The summed E-state index contributed by atoms with van der Waals surface area (Å²) in [6.07, 6.45) is 3.54. The number of rotatable bonds is 6. The second-order valence-electron chi connectivity index (χ2n) is 3.98. The molecule has 0 heterocycles. The minimum absolute atomic E-state index is 0.00734. The van der Waals surface area contributed by atoms with Gasteiger partial charge in [-0.2, -0.15) is 0 Å². The summed E-state index contributed by atoms with van der Waals surface area (Å²) in [5, 5.41) is 22.0. The molecule has 0 bridgehead atoms. The Labute approximate surface area is 110 Å². The van der Waals surface area contributed by atoms with E-state index in [0.29, 0.717) is 12.0 Å². The first kappa shape index (κ1) is 14.8. The second-order valence-corrected chi connectivity index (χ2v) is 3.98. The number of hydrogen-bond acceptors (Lipinski definition) is 4. The van der Waals surface area contributed by atoms with Crippen molar-refractivity contribution in [2.24, 2.45) is 0 Å². The maximum atomic E-state index is 11.5. The molecule has 0 fully saturated rings. The summed E-state index contributed by atoms with van der Waals surface area (Å²) in [4.78, 5) is 21.5. The van der Waals surface area contributed by atoms with Crippen LogP contribution in [-0.4, -0.2) is 28.6 Å². The Morgan fingerprint density at radius 1 is 1.47 bits per heavy atom. The molecular weight excluding hydrogens is 248 g/mol. The van der Waals surface area contributed by atoms with Gasteiger partial charge in [0, 0.05) is 18.2 Å². The van der Waals surface area contributed by atoms with E-state index >= 15 is 0 Å². The number of nitro benzene ring substituents is 1. The maximum Gasteiger partial charge on any atom is 0.269 e. The molecule has 0 saturated heterocycles. The fraction of sp³-hybridized carbons (Fsp3) is 0.308. The molecule has 6 heteroatoms. The lowest BCUT2D eigenvalue weighted by molar-refractivity contribution is -0.384. The van der Waals surface area contributed by atoms with Gasteiger partial charge in [-0.3, -0.25) is 14.9 Å². The Kier molecular flexibility index (Phi) is 5.69. The topological polar surface area (TPSA) is 92.5 Å². The van der Waals surface area contributed by atoms with Crippen LogP contribution < -0.4 is 5.32 Å². The van der Waals surface area contributed by atoms with E-state index in [9.17, 15) is 14.9 Å². The van der Waals surface area contributed by atoms with Crippen molar-refractivity contribution < 1.29 is 14.8 Å². The summed E-state index contributed by atoms with van der Waals surface area (Å²) in [6, 6.07) is 5.62. The highest BCUT2D eigenvalue weighted by Crippen LogP contribution is 2.12. The molecule has 102 valence electrons. The molecule has 1 amide bonds. The molecule has 6 nitrogen and oxygen atoms in total. The highest BCUT2D eigenvalue weighted by Gasteiger charge is 2.06. The lowest BCUT2D eigenvalue weighted by Crippen LogP contribution is -2.35. The van der Waals surface area contributed by atoms with Gasteiger partial charge >= 0.3 is 0 Å². The molecule has 19 heavy (non-hydrogen) atoms. The molecular formula is C13H16N2O4. The summed E-state index contributed by atoms with van der Waals surface area (Å²) >= 11 is 0. The molecule has 1 aromatic carbocycles. The van der Waals surface area contributed by atoms with Gasteiger partial charge in [0.2, 0.25) is 5.91 Å². The number of nitrogens with zero attached hydrogens (tertiary/aromatic N) is 1. The monoisotopic (exact) mass is 264 g/mol. The molecule has 1 atom stereocenters. The number of carbonyl (C=O) groups is 1. The first-order valence-corrected chi connectivity index (χ1v) is 5.90. The van der Waals surface area contributed by atoms with Crippen molar-refractivity contribution >= 4 is 17.7 Å². The van der Waals surface area contributed by atoms with Gasteiger partial charge < -0.3 is 10.4 Å². The summed E-state index contributed by atoms with van der Waals surface area (Å²) in [6.45, 7) is 1.76. The summed E-state index contributed by atoms with van der Waals surface area (Å²) in [5.41, 5.74) is 0.700. The molecule has 0 aromatic heterocycles. The van der Waals surface area contributed by atoms with E-state index in [1.807, 2.05) is 6.92 Å². The summed E-state index contributed by atoms with van der Waals surface area (Å²) in [7, 11) is 0. The third kappa shape index (κ3) is 4.89. The lowest BCUT2D eigenvalue weighted by atomic mass is 10.2. The number of amides is 1. The van der Waals surface area contributed by atoms with Crippen molar-refractivity contribution in [3.63, 3.8) is 0 Å². The Hall–Kier alpha value is -2.21. The van der Waals surface area contributed by atoms with Crippen LogP contribution in [0.25, 0.3) is 6.08 Å². The molecule has 0 aliphatic carbocycles. The number of nitrogens with one attached hydrogen (secondary N) is 1. The highest BCUT2D eigenvalue weighted by molar-refractivity contribution is 5.91. The Morgan fingerprint density at radius 2 is 2.11 bits per heavy atom. The lowest BCUT2D eigenvalue weighted by Gasteiger charge is -2.11. The zero-order chi connectivity index (χ0) is 14.3. The number of carbonyl (C=O) groups excluding carboxylic acids is 1. The molecule has 2 N–H and O–H groups in total. The predicted molar refractivity (Wildman–Crippen MR) is 71.4 cm³/mol. The van der Waals surface area contributed by atoms with Crippen molar-refractivity contribution in [1.82, 2.24) is 5.32 Å². The van der Waals surface area contributed by atoms with Crippen LogP contribution >= 0.6 is 0 Å². The number of non-ortho nitro benzene ring substituents is 1. The maximum absolute atomic E-state index is 11.5. The molecule has 0 unspecified atom stereocenters. The van der Waals surface area contributed by atoms with Gasteiger partial charge in [-0.1, -0.05) is 6.92 Å². The number of benzene rings is 1. The van der Waals surface area contributed by atoms with Gasteiger partial charge in [-0.05, 0) is 30.2 Å². The number of hydrogen-bond donors (Lipinski definition) is 2.